The van der Waals surface area contributed by atoms with Gasteiger partial charge in [-0.3, -0.25) is 0 Å². The quantitative estimate of drug-likeness (QED) is 0.303. The molecule has 0 heterocycles. The summed E-state index contributed by atoms with van der Waals surface area (Å²) in [5, 5.41) is 31.8. The minimum atomic E-state index is -1.32. The van der Waals surface area contributed by atoms with Gasteiger partial charge in [-0.15, -0.1) is 0 Å². The number of likely N-dealkylation sites (N-methyl/N-ethyl adjacent to an activating group) is 1. The molecule has 0 saturated carbocycles. The fourth-order valence-corrected chi connectivity index (χ4v) is 3.65. The summed E-state index contributed by atoms with van der Waals surface area (Å²) in [7, 11) is 5.75. The molecule has 0 spiro atoms. The highest BCUT2D eigenvalue weighted by molar-refractivity contribution is 5.65. The van der Waals surface area contributed by atoms with Crippen LogP contribution in [0.3, 0.4) is 0 Å². The average Bonchev–Trinajstić information content (AvgIpc) is 2.49. The second-order valence-electron chi connectivity index (χ2n) is 9.03. The van der Waals surface area contributed by atoms with Crippen LogP contribution < -0.4 is 5.11 Å². The van der Waals surface area contributed by atoms with Crippen molar-refractivity contribution < 1.29 is 24.6 Å². The molecule has 0 aromatic carbocycles. The van der Waals surface area contributed by atoms with E-state index in [0.29, 0.717) is 17.4 Å². The van der Waals surface area contributed by atoms with Crippen molar-refractivity contribution in [1.29, 1.82) is 0 Å². The molecule has 0 amide bonds. The third-order valence-corrected chi connectivity index (χ3v) is 4.83. The van der Waals surface area contributed by atoms with Crippen LogP contribution in [-0.2, 0) is 4.79 Å². The lowest BCUT2D eigenvalue weighted by atomic mass is 9.90. The van der Waals surface area contributed by atoms with Gasteiger partial charge in [-0.05, 0) is 19.3 Å². The third kappa shape index (κ3) is 15.6. The fourth-order valence-electron chi connectivity index (χ4n) is 3.65. The normalized spacial score (nSPS) is 15.6. The first-order chi connectivity index (χ1) is 12.1. The molecule has 26 heavy (non-hydrogen) atoms. The van der Waals surface area contributed by atoms with Gasteiger partial charge in [0.05, 0.1) is 27.2 Å². The Bertz CT molecular complexity index is 368. The van der Waals surface area contributed by atoms with Crippen LogP contribution in [0.5, 0.6) is 0 Å². The van der Waals surface area contributed by atoms with Crippen molar-refractivity contribution in [3.63, 3.8) is 0 Å². The van der Waals surface area contributed by atoms with Gasteiger partial charge in [0.15, 0.2) is 0 Å². The zero-order valence-electron chi connectivity index (χ0n) is 17.6. The first-order valence-electron chi connectivity index (χ1n) is 10.5. The first kappa shape index (κ1) is 25.4. The highest BCUT2D eigenvalue weighted by Gasteiger charge is 2.34. The van der Waals surface area contributed by atoms with E-state index in [9.17, 15) is 20.1 Å². The Morgan fingerprint density at radius 2 is 1.46 bits per heavy atom. The van der Waals surface area contributed by atoms with Gasteiger partial charge >= 0.3 is 0 Å². The van der Waals surface area contributed by atoms with E-state index in [0.717, 1.165) is 19.3 Å². The van der Waals surface area contributed by atoms with Gasteiger partial charge in [-0.1, -0.05) is 64.7 Å². The van der Waals surface area contributed by atoms with Crippen LogP contribution >= 0.6 is 0 Å². The number of carbonyl (C=O) groups is 1. The van der Waals surface area contributed by atoms with Crippen molar-refractivity contribution in [2.75, 3.05) is 27.7 Å². The van der Waals surface area contributed by atoms with Crippen molar-refractivity contribution >= 4 is 5.97 Å². The van der Waals surface area contributed by atoms with Crippen LogP contribution in [0.1, 0.15) is 90.4 Å². The van der Waals surface area contributed by atoms with Crippen molar-refractivity contribution in [3.05, 3.63) is 0 Å². The minimum absolute atomic E-state index is 0.287. The molecular weight excluding hydrogens is 330 g/mol. The number of rotatable bonds is 17. The third-order valence-electron chi connectivity index (χ3n) is 4.83. The van der Waals surface area contributed by atoms with E-state index in [1.807, 2.05) is 21.1 Å². The number of quaternary nitrogens is 1. The zero-order valence-corrected chi connectivity index (χ0v) is 17.6. The summed E-state index contributed by atoms with van der Waals surface area (Å²) in [5.74, 6) is -1.24. The highest BCUT2D eigenvalue weighted by Crippen LogP contribution is 2.23. The maximum Gasteiger partial charge on any atom is 0.119 e. The Labute approximate surface area is 161 Å². The Morgan fingerprint density at radius 3 is 1.92 bits per heavy atom. The van der Waals surface area contributed by atoms with E-state index in [1.165, 1.54) is 44.9 Å². The van der Waals surface area contributed by atoms with E-state index in [1.54, 1.807) is 0 Å². The lowest BCUT2D eigenvalue weighted by Gasteiger charge is -2.36. The molecule has 2 N–H and O–H groups in total. The topological polar surface area (TPSA) is 80.6 Å². The van der Waals surface area contributed by atoms with Gasteiger partial charge in [-0.2, -0.15) is 0 Å². The molecule has 0 rings (SSSR count). The number of aliphatic hydroxyl groups excluding tert-OH is 1. The maximum atomic E-state index is 11.0. The van der Waals surface area contributed by atoms with E-state index in [4.69, 9.17) is 0 Å². The van der Waals surface area contributed by atoms with Gasteiger partial charge in [0.2, 0.25) is 0 Å². The first-order valence-corrected chi connectivity index (χ1v) is 10.5. The van der Waals surface area contributed by atoms with Crippen LogP contribution in [0.25, 0.3) is 0 Å². The summed E-state index contributed by atoms with van der Waals surface area (Å²) >= 11 is 0. The Morgan fingerprint density at radius 1 is 0.962 bits per heavy atom. The van der Waals surface area contributed by atoms with E-state index in [-0.39, 0.29) is 12.8 Å². The van der Waals surface area contributed by atoms with Crippen LogP contribution in [0, 0.1) is 0 Å². The summed E-state index contributed by atoms with van der Waals surface area (Å²) in [4.78, 5) is 11.0. The molecule has 0 aromatic heterocycles. The number of carboxylic acid groups (broad SMARTS) is 1. The molecule has 0 saturated heterocycles. The lowest BCUT2D eigenvalue weighted by molar-refractivity contribution is -0.877. The lowest BCUT2D eigenvalue weighted by Crippen LogP contribution is -2.52. The molecule has 2 unspecified atom stereocenters. The number of carboxylic acids is 1. The number of carbonyl (C=O) groups excluding carboxylic acids is 1. The van der Waals surface area contributed by atoms with Crippen molar-refractivity contribution in [1.82, 2.24) is 0 Å². The van der Waals surface area contributed by atoms with Gasteiger partial charge < -0.3 is 24.6 Å². The summed E-state index contributed by atoms with van der Waals surface area (Å²) in [5.41, 5.74) is -1.32. The van der Waals surface area contributed by atoms with Crippen molar-refractivity contribution in [3.8, 4) is 0 Å². The number of aliphatic carboxylic acids is 1. The molecule has 0 bridgehead atoms. The SMILES string of the molecule is CCCCCCCCCCCC(O)CCC(O)(CC(=O)[O-])C[N+](C)(C)C. The van der Waals surface area contributed by atoms with Crippen LogP contribution in [0.2, 0.25) is 0 Å². The molecule has 0 aliphatic rings. The largest absolute Gasteiger partial charge is 0.550 e. The molecule has 0 radical (unpaired) electrons. The van der Waals surface area contributed by atoms with Crippen LogP contribution in [-0.4, -0.2) is 60.1 Å². The van der Waals surface area contributed by atoms with Crippen molar-refractivity contribution in [2.24, 2.45) is 0 Å². The minimum Gasteiger partial charge on any atom is -0.550 e. The summed E-state index contributed by atoms with van der Waals surface area (Å²) in [6.07, 6.45) is 11.8. The number of unbranched alkanes of at least 4 members (excludes halogenated alkanes) is 8. The number of aliphatic hydroxyl groups is 2. The molecule has 0 fully saturated rings. The Kier molecular flexibility index (Phi) is 13.2. The Balaban J connectivity index is 3.95. The van der Waals surface area contributed by atoms with E-state index < -0.39 is 17.7 Å². The predicted octanol–water partition coefficient (Wildman–Crippen LogP) is 2.63. The standard InChI is InChI=1S/C21H43NO4/c1-5-6-7-8-9-10-11-12-13-14-19(23)15-16-21(26,17-20(24)25)18-22(2,3)4/h19,23,26H,5-18H2,1-4H3. The Hall–Kier alpha value is -0.650. The van der Waals surface area contributed by atoms with E-state index in [2.05, 4.69) is 6.92 Å². The van der Waals surface area contributed by atoms with Gasteiger partial charge in [0, 0.05) is 12.4 Å². The predicted molar refractivity (Wildman–Crippen MR) is 105 cm³/mol. The maximum absolute atomic E-state index is 11.0. The smallest absolute Gasteiger partial charge is 0.119 e. The molecule has 0 aliphatic carbocycles. The molecule has 0 aliphatic heterocycles. The second-order valence-corrected chi connectivity index (χ2v) is 9.03. The summed E-state index contributed by atoms with van der Waals surface area (Å²) < 4.78 is 0.470. The van der Waals surface area contributed by atoms with E-state index >= 15 is 0 Å². The second kappa shape index (κ2) is 13.5. The summed E-state index contributed by atoms with van der Waals surface area (Å²) in [6, 6.07) is 0. The monoisotopic (exact) mass is 373 g/mol. The summed E-state index contributed by atoms with van der Waals surface area (Å²) in [6.45, 7) is 2.55. The number of hydrogen-bond donors (Lipinski definition) is 2. The molecule has 0 aromatic rings. The van der Waals surface area contributed by atoms with Gasteiger partial charge in [0.1, 0.15) is 12.1 Å². The highest BCUT2D eigenvalue weighted by atomic mass is 16.4. The molecule has 5 nitrogen and oxygen atoms in total. The fraction of sp³-hybridized carbons (Fsp3) is 0.952. The van der Waals surface area contributed by atoms with Gasteiger partial charge in [-0.25, -0.2) is 0 Å². The van der Waals surface area contributed by atoms with Crippen LogP contribution in [0.4, 0.5) is 0 Å². The molecule has 156 valence electrons. The van der Waals surface area contributed by atoms with Gasteiger partial charge in [0.25, 0.3) is 0 Å². The van der Waals surface area contributed by atoms with Crippen molar-refractivity contribution in [2.45, 2.75) is 102 Å². The molecule has 5 heteroatoms. The number of hydrogen-bond acceptors (Lipinski definition) is 4. The molecule has 2 atom stereocenters. The average molecular weight is 374 g/mol. The molecular formula is C21H43NO4. The number of nitrogens with zero attached hydrogens (tertiary/aromatic N) is 1. The zero-order chi connectivity index (χ0) is 20.1. The van der Waals surface area contributed by atoms with Crippen LogP contribution in [0.15, 0.2) is 0 Å².